The Hall–Kier alpha value is -3.76. The minimum Gasteiger partial charge on any atom is -0.320 e. The molecule has 5 aromatic rings. The van der Waals surface area contributed by atoms with Crippen LogP contribution < -0.4 is 16.6 Å². The van der Waals surface area contributed by atoms with Gasteiger partial charge < -0.3 is 5.32 Å². The quantitative estimate of drug-likeness (QED) is 0.413. The van der Waals surface area contributed by atoms with Crippen molar-refractivity contribution in [2.45, 2.75) is 13.5 Å². The number of aryl methyl sites for hydroxylation is 2. The van der Waals surface area contributed by atoms with E-state index in [1.807, 2.05) is 41.9 Å². The zero-order valence-corrected chi connectivity index (χ0v) is 20.1. The van der Waals surface area contributed by atoms with Crippen molar-refractivity contribution < 1.29 is 4.79 Å². The maximum Gasteiger partial charge on any atom is 0.332 e. The number of rotatable bonds is 4. The number of aromatic nitrogens is 5. The van der Waals surface area contributed by atoms with Gasteiger partial charge >= 0.3 is 5.69 Å². The summed E-state index contributed by atoms with van der Waals surface area (Å²) < 4.78 is 4.18. The lowest BCUT2D eigenvalue weighted by Gasteiger charge is -2.08. The summed E-state index contributed by atoms with van der Waals surface area (Å²) in [6.45, 7) is 2.46. The van der Waals surface area contributed by atoms with Crippen LogP contribution in [0.15, 0.2) is 52.2 Å². The Morgan fingerprint density at radius 1 is 1.09 bits per heavy atom. The SMILES string of the molecule is Cc1nn(Cc2ccc(Cl)cc2)c2sc(C(=O)Nc3cnc4c(c3)c(=O)n(C)c(=O)n4C)cc12. The van der Waals surface area contributed by atoms with E-state index in [4.69, 9.17) is 11.6 Å². The van der Waals surface area contributed by atoms with Crippen LogP contribution in [0.25, 0.3) is 21.3 Å². The highest BCUT2D eigenvalue weighted by Gasteiger charge is 2.18. The van der Waals surface area contributed by atoms with Crippen molar-refractivity contribution in [3.63, 3.8) is 0 Å². The van der Waals surface area contributed by atoms with Gasteiger partial charge in [0.25, 0.3) is 11.5 Å². The van der Waals surface area contributed by atoms with Crippen LogP contribution in [0.4, 0.5) is 5.69 Å². The minimum atomic E-state index is -0.471. The molecule has 0 radical (unpaired) electrons. The van der Waals surface area contributed by atoms with Gasteiger partial charge in [-0.1, -0.05) is 23.7 Å². The number of benzene rings is 1. The van der Waals surface area contributed by atoms with Gasteiger partial charge in [0.05, 0.1) is 34.4 Å². The van der Waals surface area contributed by atoms with E-state index in [9.17, 15) is 14.4 Å². The molecule has 0 aliphatic carbocycles. The van der Waals surface area contributed by atoms with Gasteiger partial charge in [0.2, 0.25) is 0 Å². The van der Waals surface area contributed by atoms with Gasteiger partial charge in [-0.15, -0.1) is 11.3 Å². The first-order valence-electron chi connectivity index (χ1n) is 10.3. The summed E-state index contributed by atoms with van der Waals surface area (Å²) in [5.41, 5.74) is 1.56. The largest absolute Gasteiger partial charge is 0.332 e. The van der Waals surface area contributed by atoms with E-state index >= 15 is 0 Å². The number of thiophene rings is 1. The van der Waals surface area contributed by atoms with Crippen molar-refractivity contribution in [3.8, 4) is 0 Å². The van der Waals surface area contributed by atoms with Crippen molar-refractivity contribution in [3.05, 3.63) is 84.6 Å². The molecule has 0 aliphatic rings. The second kappa shape index (κ2) is 8.23. The molecule has 4 aromatic heterocycles. The maximum absolute atomic E-state index is 13.0. The number of fused-ring (bicyclic) bond motifs is 2. The summed E-state index contributed by atoms with van der Waals surface area (Å²) in [6, 6.07) is 10.9. The zero-order chi connectivity index (χ0) is 24.1. The highest BCUT2D eigenvalue weighted by molar-refractivity contribution is 7.20. The monoisotopic (exact) mass is 494 g/mol. The molecule has 0 saturated carbocycles. The molecule has 0 fully saturated rings. The Morgan fingerprint density at radius 3 is 2.56 bits per heavy atom. The van der Waals surface area contributed by atoms with E-state index in [1.165, 1.54) is 35.2 Å². The van der Waals surface area contributed by atoms with Crippen LogP contribution in [0.2, 0.25) is 5.02 Å². The smallest absolute Gasteiger partial charge is 0.320 e. The predicted octanol–water partition coefficient (Wildman–Crippen LogP) is 3.31. The molecule has 1 amide bonds. The molecule has 0 bridgehead atoms. The van der Waals surface area contributed by atoms with Crippen LogP contribution in [0.5, 0.6) is 0 Å². The molecule has 0 spiro atoms. The number of hydrogen-bond acceptors (Lipinski definition) is 6. The number of anilines is 1. The molecule has 11 heteroatoms. The van der Waals surface area contributed by atoms with E-state index in [-0.39, 0.29) is 16.9 Å². The third-order valence-electron chi connectivity index (χ3n) is 5.63. The van der Waals surface area contributed by atoms with Gasteiger partial charge in [0.15, 0.2) is 0 Å². The molecule has 0 unspecified atom stereocenters. The van der Waals surface area contributed by atoms with Gasteiger partial charge in [-0.2, -0.15) is 5.10 Å². The van der Waals surface area contributed by atoms with Crippen molar-refractivity contribution in [1.82, 2.24) is 23.9 Å². The Labute approximate surface area is 201 Å². The van der Waals surface area contributed by atoms with Gasteiger partial charge in [0, 0.05) is 24.5 Å². The summed E-state index contributed by atoms with van der Waals surface area (Å²) in [7, 11) is 2.95. The normalized spacial score (nSPS) is 11.4. The number of amides is 1. The first-order chi connectivity index (χ1) is 16.2. The highest BCUT2D eigenvalue weighted by Crippen LogP contribution is 2.29. The fourth-order valence-electron chi connectivity index (χ4n) is 3.82. The number of carbonyl (C=O) groups excluding carboxylic acids is 1. The number of halogens is 1. The van der Waals surface area contributed by atoms with Crippen molar-refractivity contribution in [2.75, 3.05) is 5.32 Å². The van der Waals surface area contributed by atoms with E-state index in [0.29, 0.717) is 22.1 Å². The predicted molar refractivity (Wildman–Crippen MR) is 133 cm³/mol. The second-order valence-corrected chi connectivity index (χ2v) is 9.42. The molecule has 1 aromatic carbocycles. The summed E-state index contributed by atoms with van der Waals surface area (Å²) >= 11 is 7.32. The Bertz CT molecular complexity index is 1710. The summed E-state index contributed by atoms with van der Waals surface area (Å²) in [5.74, 6) is -0.318. The lowest BCUT2D eigenvalue weighted by atomic mass is 10.2. The molecule has 0 aliphatic heterocycles. The van der Waals surface area contributed by atoms with Crippen molar-refractivity contribution in [1.29, 1.82) is 0 Å². The molecular weight excluding hydrogens is 476 g/mol. The third-order valence-corrected chi connectivity index (χ3v) is 7.03. The van der Waals surface area contributed by atoms with Crippen LogP contribution >= 0.6 is 22.9 Å². The van der Waals surface area contributed by atoms with Crippen LogP contribution in [0.1, 0.15) is 20.9 Å². The van der Waals surface area contributed by atoms with Gasteiger partial charge in [-0.3, -0.25) is 23.4 Å². The first-order valence-corrected chi connectivity index (χ1v) is 11.5. The van der Waals surface area contributed by atoms with Crippen LogP contribution in [-0.2, 0) is 20.6 Å². The molecule has 172 valence electrons. The Kier molecular flexibility index (Phi) is 5.34. The topological polar surface area (TPSA) is 104 Å². The molecule has 5 rings (SSSR count). The minimum absolute atomic E-state index is 0.244. The van der Waals surface area contributed by atoms with Gasteiger partial charge in [-0.05, 0) is 36.8 Å². The lowest BCUT2D eigenvalue weighted by Crippen LogP contribution is -2.37. The molecule has 34 heavy (non-hydrogen) atoms. The molecule has 0 atom stereocenters. The summed E-state index contributed by atoms with van der Waals surface area (Å²) in [5, 5.41) is 9.23. The molecule has 9 nitrogen and oxygen atoms in total. The molecule has 4 heterocycles. The standard InChI is InChI=1S/C23H19ClN6O3S/c1-12-16-9-18(34-22(16)30(27-12)11-13-4-6-14(24)7-5-13)20(31)26-15-8-17-19(25-10-15)28(2)23(33)29(3)21(17)32/h4-10H,11H2,1-3H3,(H,26,31). The van der Waals surface area contributed by atoms with Crippen LogP contribution in [-0.4, -0.2) is 29.8 Å². The second-order valence-electron chi connectivity index (χ2n) is 7.95. The summed E-state index contributed by atoms with van der Waals surface area (Å²) in [4.78, 5) is 43.2. The Morgan fingerprint density at radius 2 is 1.82 bits per heavy atom. The number of carbonyl (C=O) groups is 1. The van der Waals surface area contributed by atoms with E-state index in [0.717, 1.165) is 26.0 Å². The first kappa shape index (κ1) is 22.1. The van der Waals surface area contributed by atoms with E-state index < -0.39 is 11.2 Å². The van der Waals surface area contributed by atoms with Crippen LogP contribution in [0.3, 0.4) is 0 Å². The third kappa shape index (κ3) is 3.70. The summed E-state index contributed by atoms with van der Waals surface area (Å²) in [6.07, 6.45) is 1.43. The zero-order valence-electron chi connectivity index (χ0n) is 18.5. The number of nitrogens with one attached hydrogen (secondary N) is 1. The van der Waals surface area contributed by atoms with Crippen molar-refractivity contribution in [2.24, 2.45) is 14.1 Å². The van der Waals surface area contributed by atoms with Crippen LogP contribution in [0, 0.1) is 6.92 Å². The van der Waals surface area contributed by atoms with Gasteiger partial charge in [0.1, 0.15) is 10.5 Å². The number of hydrogen-bond donors (Lipinski definition) is 1. The molecule has 0 saturated heterocycles. The number of pyridine rings is 1. The van der Waals surface area contributed by atoms with E-state index in [1.54, 1.807) is 7.05 Å². The number of nitrogens with zero attached hydrogens (tertiary/aromatic N) is 5. The van der Waals surface area contributed by atoms with Gasteiger partial charge in [-0.25, -0.2) is 9.78 Å². The Balaban J connectivity index is 1.46. The average Bonchev–Trinajstić information content (AvgIpc) is 3.39. The fraction of sp³-hybridized carbons (Fsp3) is 0.174. The molecular formula is C23H19ClN6O3S. The maximum atomic E-state index is 13.0. The lowest BCUT2D eigenvalue weighted by molar-refractivity contribution is 0.103. The fourth-order valence-corrected chi connectivity index (χ4v) is 5.00. The molecule has 1 N–H and O–H groups in total. The van der Waals surface area contributed by atoms with Crippen molar-refractivity contribution >= 4 is 55.8 Å². The van der Waals surface area contributed by atoms with E-state index in [2.05, 4.69) is 15.4 Å². The highest BCUT2D eigenvalue weighted by atomic mass is 35.5. The average molecular weight is 495 g/mol.